The number of hydrogen-bond acceptors (Lipinski definition) is 3. The Balaban J connectivity index is 1.62. The van der Waals surface area contributed by atoms with Crippen LogP contribution in [0.15, 0.2) is 48.8 Å². The molecule has 3 rings (SSSR count). The van der Waals surface area contributed by atoms with E-state index >= 15 is 0 Å². The average Bonchev–Trinajstić information content (AvgIpc) is 2.62. The second-order valence-corrected chi connectivity index (χ2v) is 6.75. The molecule has 1 aromatic heterocycles. The lowest BCUT2D eigenvalue weighted by Crippen LogP contribution is -2.45. The van der Waals surface area contributed by atoms with Crippen LogP contribution in [0, 0.1) is 0 Å². The Hall–Kier alpha value is -2.36. The fourth-order valence-electron chi connectivity index (χ4n) is 3.16. The average molecular weight is 323 g/mol. The summed E-state index contributed by atoms with van der Waals surface area (Å²) in [5.41, 5.74) is 3.19. The molecule has 4 heteroatoms. The first-order valence-electron chi connectivity index (χ1n) is 8.69. The van der Waals surface area contributed by atoms with Crippen LogP contribution in [0.3, 0.4) is 0 Å². The molecule has 1 aliphatic rings. The molecule has 0 bridgehead atoms. The number of piperidine rings is 1. The number of carbonyl (C=O) groups excluding carboxylic acids is 1. The summed E-state index contributed by atoms with van der Waals surface area (Å²) in [4.78, 5) is 18.5. The van der Waals surface area contributed by atoms with E-state index in [2.05, 4.69) is 48.4 Å². The standard InChI is InChI=1S/C20H25N3O/c1-15(2)16-5-7-18(8-6-16)22-19-4-3-13-23(14-19)20(24)17-9-11-21-12-10-17/h5-12,15,19,22H,3-4,13-14H2,1-2H3/t19-/m1/s1. The number of amides is 1. The number of pyridine rings is 1. The highest BCUT2D eigenvalue weighted by Gasteiger charge is 2.24. The van der Waals surface area contributed by atoms with Crippen LogP contribution >= 0.6 is 0 Å². The molecule has 0 aliphatic carbocycles. The summed E-state index contributed by atoms with van der Waals surface area (Å²) in [5.74, 6) is 0.640. The Kier molecular flexibility index (Phi) is 5.14. The van der Waals surface area contributed by atoms with Gasteiger partial charge in [-0.3, -0.25) is 9.78 Å². The maximum absolute atomic E-state index is 12.6. The number of rotatable bonds is 4. The highest BCUT2D eigenvalue weighted by molar-refractivity contribution is 5.94. The van der Waals surface area contributed by atoms with Crippen molar-refractivity contribution in [2.75, 3.05) is 18.4 Å². The van der Waals surface area contributed by atoms with Gasteiger partial charge in [-0.1, -0.05) is 26.0 Å². The van der Waals surface area contributed by atoms with E-state index < -0.39 is 0 Å². The SMILES string of the molecule is CC(C)c1ccc(N[C@@H]2CCCN(C(=O)c3ccncc3)C2)cc1. The van der Waals surface area contributed by atoms with E-state index in [9.17, 15) is 4.79 Å². The van der Waals surface area contributed by atoms with E-state index in [1.165, 1.54) is 5.56 Å². The second-order valence-electron chi connectivity index (χ2n) is 6.75. The van der Waals surface area contributed by atoms with Crippen molar-refractivity contribution in [3.8, 4) is 0 Å². The maximum atomic E-state index is 12.6. The third-order valence-electron chi connectivity index (χ3n) is 4.58. The van der Waals surface area contributed by atoms with Crippen LogP contribution in [-0.4, -0.2) is 34.9 Å². The fourth-order valence-corrected chi connectivity index (χ4v) is 3.16. The normalized spacial score (nSPS) is 17.8. The minimum Gasteiger partial charge on any atom is -0.381 e. The van der Waals surface area contributed by atoms with E-state index in [-0.39, 0.29) is 5.91 Å². The van der Waals surface area contributed by atoms with Crippen LogP contribution < -0.4 is 5.32 Å². The zero-order valence-corrected chi connectivity index (χ0v) is 14.4. The Morgan fingerprint density at radius 1 is 1.17 bits per heavy atom. The van der Waals surface area contributed by atoms with Gasteiger partial charge in [-0.25, -0.2) is 0 Å². The number of anilines is 1. The first-order chi connectivity index (χ1) is 11.6. The summed E-state index contributed by atoms with van der Waals surface area (Å²) < 4.78 is 0. The molecule has 24 heavy (non-hydrogen) atoms. The Morgan fingerprint density at radius 2 is 1.88 bits per heavy atom. The number of hydrogen-bond donors (Lipinski definition) is 1. The number of nitrogens with zero attached hydrogens (tertiary/aromatic N) is 2. The molecule has 0 radical (unpaired) electrons. The molecule has 1 saturated heterocycles. The van der Waals surface area contributed by atoms with Crippen LogP contribution in [0.2, 0.25) is 0 Å². The summed E-state index contributed by atoms with van der Waals surface area (Å²) in [6, 6.07) is 12.5. The molecule has 1 N–H and O–H groups in total. The van der Waals surface area contributed by atoms with Crippen LogP contribution in [0.4, 0.5) is 5.69 Å². The van der Waals surface area contributed by atoms with Gasteiger partial charge in [0.25, 0.3) is 5.91 Å². The molecule has 1 amide bonds. The zero-order valence-electron chi connectivity index (χ0n) is 14.4. The molecule has 1 aromatic carbocycles. The van der Waals surface area contributed by atoms with Crippen molar-refractivity contribution in [2.24, 2.45) is 0 Å². The van der Waals surface area contributed by atoms with Crippen molar-refractivity contribution in [3.63, 3.8) is 0 Å². The lowest BCUT2D eigenvalue weighted by Gasteiger charge is -2.33. The maximum Gasteiger partial charge on any atom is 0.254 e. The minimum absolute atomic E-state index is 0.0963. The summed E-state index contributed by atoms with van der Waals surface area (Å²) in [6.45, 7) is 5.97. The Morgan fingerprint density at radius 3 is 2.54 bits per heavy atom. The Labute approximate surface area is 143 Å². The second kappa shape index (κ2) is 7.47. The number of likely N-dealkylation sites (tertiary alicyclic amines) is 1. The molecule has 1 atom stereocenters. The van der Waals surface area contributed by atoms with Crippen LogP contribution in [-0.2, 0) is 0 Å². The minimum atomic E-state index is 0.0963. The molecular weight excluding hydrogens is 298 g/mol. The molecule has 0 spiro atoms. The molecule has 1 fully saturated rings. The Bertz CT molecular complexity index is 667. The van der Waals surface area contributed by atoms with E-state index in [1.54, 1.807) is 24.5 Å². The van der Waals surface area contributed by atoms with E-state index in [1.807, 2.05) is 4.90 Å². The largest absolute Gasteiger partial charge is 0.381 e. The molecule has 2 heterocycles. The van der Waals surface area contributed by atoms with Gasteiger partial charge in [-0.2, -0.15) is 0 Å². The van der Waals surface area contributed by atoms with Crippen molar-refractivity contribution in [2.45, 2.75) is 38.6 Å². The third kappa shape index (κ3) is 3.94. The quantitative estimate of drug-likeness (QED) is 0.927. The number of aromatic nitrogens is 1. The van der Waals surface area contributed by atoms with Crippen molar-refractivity contribution < 1.29 is 4.79 Å². The molecule has 126 valence electrons. The van der Waals surface area contributed by atoms with Gasteiger partial charge in [0.05, 0.1) is 0 Å². The summed E-state index contributed by atoms with van der Waals surface area (Å²) in [5, 5.41) is 3.58. The van der Waals surface area contributed by atoms with Gasteiger partial charge in [-0.15, -0.1) is 0 Å². The molecule has 4 nitrogen and oxygen atoms in total. The van der Waals surface area contributed by atoms with Gasteiger partial charge < -0.3 is 10.2 Å². The molecular formula is C20H25N3O. The molecule has 2 aromatic rings. The molecule has 1 aliphatic heterocycles. The first kappa shape index (κ1) is 16.5. The fraction of sp³-hybridized carbons (Fsp3) is 0.400. The third-order valence-corrected chi connectivity index (χ3v) is 4.58. The highest BCUT2D eigenvalue weighted by Crippen LogP contribution is 2.20. The monoisotopic (exact) mass is 323 g/mol. The van der Waals surface area contributed by atoms with Crippen molar-refractivity contribution in [1.29, 1.82) is 0 Å². The van der Waals surface area contributed by atoms with Crippen LogP contribution in [0.1, 0.15) is 48.5 Å². The predicted molar refractivity (Wildman–Crippen MR) is 97.3 cm³/mol. The topological polar surface area (TPSA) is 45.2 Å². The first-order valence-corrected chi connectivity index (χ1v) is 8.69. The summed E-state index contributed by atoms with van der Waals surface area (Å²) in [7, 11) is 0. The lowest BCUT2D eigenvalue weighted by molar-refractivity contribution is 0.0714. The number of carbonyl (C=O) groups is 1. The number of benzene rings is 1. The van der Waals surface area contributed by atoms with Gasteiger partial charge in [0.15, 0.2) is 0 Å². The van der Waals surface area contributed by atoms with E-state index in [0.29, 0.717) is 17.5 Å². The molecule has 0 saturated carbocycles. The smallest absolute Gasteiger partial charge is 0.254 e. The summed E-state index contributed by atoms with van der Waals surface area (Å²) in [6.07, 6.45) is 5.46. The van der Waals surface area contributed by atoms with Gasteiger partial charge in [0.2, 0.25) is 0 Å². The zero-order chi connectivity index (χ0) is 16.9. The summed E-state index contributed by atoms with van der Waals surface area (Å²) >= 11 is 0. The highest BCUT2D eigenvalue weighted by atomic mass is 16.2. The van der Waals surface area contributed by atoms with Gasteiger partial charge in [0, 0.05) is 42.8 Å². The molecule has 0 unspecified atom stereocenters. The van der Waals surface area contributed by atoms with E-state index in [0.717, 1.165) is 31.6 Å². The van der Waals surface area contributed by atoms with Gasteiger partial charge in [0.1, 0.15) is 0 Å². The van der Waals surface area contributed by atoms with Crippen molar-refractivity contribution in [3.05, 3.63) is 59.9 Å². The van der Waals surface area contributed by atoms with Crippen LogP contribution in [0.5, 0.6) is 0 Å². The van der Waals surface area contributed by atoms with Crippen molar-refractivity contribution in [1.82, 2.24) is 9.88 Å². The van der Waals surface area contributed by atoms with Gasteiger partial charge >= 0.3 is 0 Å². The predicted octanol–water partition coefficient (Wildman–Crippen LogP) is 3.92. The van der Waals surface area contributed by atoms with E-state index in [4.69, 9.17) is 0 Å². The number of nitrogens with one attached hydrogen (secondary N) is 1. The van der Waals surface area contributed by atoms with Crippen molar-refractivity contribution >= 4 is 11.6 Å². The van der Waals surface area contributed by atoms with Gasteiger partial charge in [-0.05, 0) is 48.6 Å². The lowest BCUT2D eigenvalue weighted by atomic mass is 10.0. The van der Waals surface area contributed by atoms with Crippen LogP contribution in [0.25, 0.3) is 0 Å².